The van der Waals surface area contributed by atoms with E-state index in [2.05, 4.69) is 5.32 Å². The second kappa shape index (κ2) is 8.01. The number of nitro groups is 1. The molecule has 0 aromatic heterocycles. The van der Waals surface area contributed by atoms with Gasteiger partial charge in [0.2, 0.25) is 0 Å². The van der Waals surface area contributed by atoms with Crippen LogP contribution in [0.4, 0.5) is 17.1 Å². The van der Waals surface area contributed by atoms with E-state index in [1.54, 1.807) is 24.3 Å². The molecule has 0 amide bonds. The van der Waals surface area contributed by atoms with Crippen molar-refractivity contribution < 1.29 is 19.6 Å². The number of nitrogens with zero attached hydrogens (tertiary/aromatic N) is 1. The predicted molar refractivity (Wildman–Crippen MR) is 101 cm³/mol. The smallest absolute Gasteiger partial charge is 0.338 e. The summed E-state index contributed by atoms with van der Waals surface area (Å²) in [7, 11) is 0. The predicted octanol–water partition coefficient (Wildman–Crippen LogP) is 4.62. The van der Waals surface area contributed by atoms with Crippen LogP contribution in [0.25, 0.3) is 0 Å². The minimum absolute atomic E-state index is 0.181. The van der Waals surface area contributed by atoms with Crippen molar-refractivity contribution in [3.8, 4) is 5.75 Å². The van der Waals surface area contributed by atoms with Gasteiger partial charge in [-0.25, -0.2) is 4.79 Å². The summed E-state index contributed by atoms with van der Waals surface area (Å²) in [5.74, 6) is -0.639. The SMILES string of the molecule is O=C(O)c1cc([N+](=O)[O-])ccc1Nc1cccc(OCc2ccccc2)c1. The zero-order chi connectivity index (χ0) is 19.2. The summed E-state index contributed by atoms with van der Waals surface area (Å²) in [5.41, 5.74) is 1.43. The third-order valence-corrected chi connectivity index (χ3v) is 3.81. The highest BCUT2D eigenvalue weighted by Gasteiger charge is 2.16. The second-order valence-electron chi connectivity index (χ2n) is 5.72. The Labute approximate surface area is 155 Å². The van der Waals surface area contributed by atoms with Gasteiger partial charge in [-0.05, 0) is 23.8 Å². The molecule has 0 bridgehead atoms. The molecule has 0 heterocycles. The first-order valence-electron chi connectivity index (χ1n) is 8.08. The first kappa shape index (κ1) is 17.9. The van der Waals surface area contributed by atoms with Crippen LogP contribution in [0.1, 0.15) is 15.9 Å². The summed E-state index contributed by atoms with van der Waals surface area (Å²) in [6, 6.07) is 20.4. The van der Waals surface area contributed by atoms with Crippen LogP contribution in [0.3, 0.4) is 0 Å². The number of carbonyl (C=O) groups is 1. The molecule has 3 rings (SSSR count). The van der Waals surface area contributed by atoms with E-state index in [4.69, 9.17) is 4.74 Å². The Bertz CT molecular complexity index is 973. The van der Waals surface area contributed by atoms with Crippen LogP contribution in [0, 0.1) is 10.1 Å². The van der Waals surface area contributed by atoms with Crippen molar-refractivity contribution in [3.63, 3.8) is 0 Å². The minimum atomic E-state index is -1.25. The molecule has 0 saturated heterocycles. The number of anilines is 2. The number of carboxylic acid groups (broad SMARTS) is 1. The lowest BCUT2D eigenvalue weighted by Gasteiger charge is -2.12. The molecule has 0 radical (unpaired) electrons. The van der Waals surface area contributed by atoms with Crippen LogP contribution in [-0.2, 0) is 6.61 Å². The highest BCUT2D eigenvalue weighted by Crippen LogP contribution is 2.27. The van der Waals surface area contributed by atoms with Crippen LogP contribution in [0.2, 0.25) is 0 Å². The highest BCUT2D eigenvalue weighted by molar-refractivity contribution is 5.96. The van der Waals surface area contributed by atoms with Crippen LogP contribution in [0.15, 0.2) is 72.8 Å². The number of rotatable bonds is 7. The third kappa shape index (κ3) is 4.60. The molecule has 7 nitrogen and oxygen atoms in total. The maximum absolute atomic E-state index is 11.4. The molecule has 27 heavy (non-hydrogen) atoms. The second-order valence-corrected chi connectivity index (χ2v) is 5.72. The number of hydrogen-bond donors (Lipinski definition) is 2. The molecule has 7 heteroatoms. The Morgan fingerprint density at radius 2 is 1.81 bits per heavy atom. The average Bonchev–Trinajstić information content (AvgIpc) is 2.67. The number of non-ortho nitro benzene ring substituents is 1. The number of ether oxygens (including phenoxy) is 1. The van der Waals surface area contributed by atoms with Gasteiger partial charge in [-0.2, -0.15) is 0 Å². The van der Waals surface area contributed by atoms with Crippen molar-refractivity contribution in [2.45, 2.75) is 6.61 Å². The standard InChI is InChI=1S/C20H16N2O5/c23-20(24)18-12-16(22(25)26)9-10-19(18)21-15-7-4-8-17(11-15)27-13-14-5-2-1-3-6-14/h1-12,21H,13H2,(H,23,24). The van der Waals surface area contributed by atoms with Crippen LogP contribution >= 0.6 is 0 Å². The van der Waals surface area contributed by atoms with Crippen molar-refractivity contribution >= 4 is 23.0 Å². The zero-order valence-electron chi connectivity index (χ0n) is 14.2. The number of nitrogens with one attached hydrogen (secondary N) is 1. The third-order valence-electron chi connectivity index (χ3n) is 3.81. The number of aromatic carboxylic acids is 1. The Hall–Kier alpha value is -3.87. The summed E-state index contributed by atoms with van der Waals surface area (Å²) < 4.78 is 5.75. The lowest BCUT2D eigenvalue weighted by Crippen LogP contribution is -2.04. The molecular formula is C20H16N2O5. The summed E-state index contributed by atoms with van der Waals surface area (Å²) in [6.07, 6.45) is 0. The number of carboxylic acids is 1. The van der Waals surface area contributed by atoms with Gasteiger partial charge in [0.05, 0.1) is 16.2 Å². The van der Waals surface area contributed by atoms with Crippen LogP contribution in [-0.4, -0.2) is 16.0 Å². The average molecular weight is 364 g/mol. The van der Waals surface area contributed by atoms with Gasteiger partial charge >= 0.3 is 5.97 Å². The molecule has 3 aromatic rings. The van der Waals surface area contributed by atoms with E-state index in [0.29, 0.717) is 18.0 Å². The van der Waals surface area contributed by atoms with Crippen molar-refractivity contribution in [1.29, 1.82) is 0 Å². The largest absolute Gasteiger partial charge is 0.489 e. The summed E-state index contributed by atoms with van der Waals surface area (Å²) in [4.78, 5) is 21.6. The van der Waals surface area contributed by atoms with Crippen LogP contribution < -0.4 is 10.1 Å². The van der Waals surface area contributed by atoms with Gasteiger partial charge in [0, 0.05) is 23.9 Å². The highest BCUT2D eigenvalue weighted by atomic mass is 16.6. The van der Waals surface area contributed by atoms with Gasteiger partial charge in [-0.1, -0.05) is 36.4 Å². The number of benzene rings is 3. The molecule has 0 unspecified atom stereocenters. The maximum Gasteiger partial charge on any atom is 0.338 e. The molecule has 0 spiro atoms. The van der Waals surface area contributed by atoms with E-state index in [0.717, 1.165) is 11.6 Å². The van der Waals surface area contributed by atoms with E-state index in [9.17, 15) is 20.0 Å². The van der Waals surface area contributed by atoms with Gasteiger partial charge in [0.15, 0.2) is 0 Å². The number of nitro benzene ring substituents is 1. The lowest BCUT2D eigenvalue weighted by atomic mass is 10.1. The van der Waals surface area contributed by atoms with Crippen molar-refractivity contribution in [2.75, 3.05) is 5.32 Å². The normalized spacial score (nSPS) is 10.2. The van der Waals surface area contributed by atoms with E-state index in [1.807, 2.05) is 30.3 Å². The van der Waals surface area contributed by atoms with E-state index in [-0.39, 0.29) is 16.9 Å². The van der Waals surface area contributed by atoms with E-state index < -0.39 is 10.9 Å². The summed E-state index contributed by atoms with van der Waals surface area (Å²) in [6.45, 7) is 0.405. The van der Waals surface area contributed by atoms with Crippen molar-refractivity contribution in [3.05, 3.63) is 94.0 Å². The molecule has 136 valence electrons. The fourth-order valence-corrected chi connectivity index (χ4v) is 2.49. The summed E-state index contributed by atoms with van der Waals surface area (Å²) in [5, 5.41) is 23.2. The fraction of sp³-hybridized carbons (Fsp3) is 0.0500. The Balaban J connectivity index is 1.78. The molecule has 0 saturated carbocycles. The van der Waals surface area contributed by atoms with Gasteiger partial charge < -0.3 is 15.2 Å². The first-order valence-corrected chi connectivity index (χ1v) is 8.08. The van der Waals surface area contributed by atoms with Gasteiger partial charge in [-0.3, -0.25) is 10.1 Å². The fourth-order valence-electron chi connectivity index (χ4n) is 2.49. The molecule has 0 aliphatic rings. The molecular weight excluding hydrogens is 348 g/mol. The topological polar surface area (TPSA) is 102 Å². The van der Waals surface area contributed by atoms with Crippen LogP contribution in [0.5, 0.6) is 5.75 Å². The Kier molecular flexibility index (Phi) is 5.32. The Morgan fingerprint density at radius 1 is 1.04 bits per heavy atom. The quantitative estimate of drug-likeness (QED) is 0.469. The Morgan fingerprint density at radius 3 is 2.52 bits per heavy atom. The maximum atomic E-state index is 11.4. The first-order chi connectivity index (χ1) is 13.0. The monoisotopic (exact) mass is 364 g/mol. The van der Waals surface area contributed by atoms with Crippen molar-refractivity contribution in [1.82, 2.24) is 0 Å². The number of hydrogen-bond acceptors (Lipinski definition) is 5. The molecule has 3 aromatic carbocycles. The molecule has 0 fully saturated rings. The van der Waals surface area contributed by atoms with Crippen molar-refractivity contribution in [2.24, 2.45) is 0 Å². The van der Waals surface area contributed by atoms with Gasteiger partial charge in [-0.15, -0.1) is 0 Å². The van der Waals surface area contributed by atoms with E-state index >= 15 is 0 Å². The van der Waals surface area contributed by atoms with Gasteiger partial charge in [0.1, 0.15) is 12.4 Å². The molecule has 0 aliphatic carbocycles. The van der Waals surface area contributed by atoms with E-state index in [1.165, 1.54) is 12.1 Å². The van der Waals surface area contributed by atoms with Gasteiger partial charge in [0.25, 0.3) is 5.69 Å². The molecule has 0 atom stereocenters. The minimum Gasteiger partial charge on any atom is -0.489 e. The molecule has 2 N–H and O–H groups in total. The molecule has 0 aliphatic heterocycles. The summed E-state index contributed by atoms with van der Waals surface area (Å²) >= 11 is 0. The lowest BCUT2D eigenvalue weighted by molar-refractivity contribution is -0.384. The zero-order valence-corrected chi connectivity index (χ0v) is 14.2.